The van der Waals surface area contributed by atoms with Gasteiger partial charge in [-0.2, -0.15) is 0 Å². The number of furan rings is 1. The summed E-state index contributed by atoms with van der Waals surface area (Å²) >= 11 is 0.214. The summed E-state index contributed by atoms with van der Waals surface area (Å²) in [5, 5.41) is 1.23. The summed E-state index contributed by atoms with van der Waals surface area (Å²) in [5.74, 6) is 1.02. The van der Waals surface area contributed by atoms with E-state index in [1.807, 2.05) is 6.07 Å². The van der Waals surface area contributed by atoms with Gasteiger partial charge in [-0.15, -0.1) is 0 Å². The molecule has 0 aliphatic heterocycles. The number of benzene rings is 3. The van der Waals surface area contributed by atoms with Crippen molar-refractivity contribution in [2.45, 2.75) is 13.3 Å². The Morgan fingerprint density at radius 1 is 0.833 bits per heavy atom. The second-order valence-corrected chi connectivity index (χ2v) is 8.00. The van der Waals surface area contributed by atoms with E-state index < -0.39 is 0 Å². The van der Waals surface area contributed by atoms with Gasteiger partial charge in [-0.05, 0) is 0 Å². The Balaban J connectivity index is 1.89. The summed E-state index contributed by atoms with van der Waals surface area (Å²) in [7, 11) is 0. The minimum absolute atomic E-state index is 0.214. The fourth-order valence-corrected chi connectivity index (χ4v) is 5.08. The monoisotopic (exact) mass is 378 g/mol. The standard InChI is InChI=1S/C22H18OSe/c1-2-16-9-8-10-17(15-16)21-22(24-18-11-4-3-5-12-18)19-13-6-7-14-20(19)23-21/h3-15H,2H2,1H3. The first-order chi connectivity index (χ1) is 11.8. The molecule has 0 saturated carbocycles. The average molecular weight is 377 g/mol. The van der Waals surface area contributed by atoms with E-state index in [2.05, 4.69) is 79.7 Å². The van der Waals surface area contributed by atoms with Crippen LogP contribution in [0.5, 0.6) is 0 Å². The first-order valence-electron chi connectivity index (χ1n) is 8.19. The van der Waals surface area contributed by atoms with E-state index in [9.17, 15) is 0 Å². The zero-order chi connectivity index (χ0) is 16.4. The van der Waals surface area contributed by atoms with E-state index in [0.717, 1.165) is 17.8 Å². The molecule has 24 heavy (non-hydrogen) atoms. The van der Waals surface area contributed by atoms with Gasteiger partial charge in [0.2, 0.25) is 0 Å². The third kappa shape index (κ3) is 2.91. The van der Waals surface area contributed by atoms with Crippen molar-refractivity contribution in [3.05, 3.63) is 84.4 Å². The summed E-state index contributed by atoms with van der Waals surface area (Å²) in [6.07, 6.45) is 1.03. The van der Waals surface area contributed by atoms with Gasteiger partial charge in [0.25, 0.3) is 0 Å². The first kappa shape index (κ1) is 15.3. The van der Waals surface area contributed by atoms with Gasteiger partial charge in [0.1, 0.15) is 0 Å². The summed E-state index contributed by atoms with van der Waals surface area (Å²) in [4.78, 5) is 0. The predicted octanol–water partition coefficient (Wildman–Crippen LogP) is 4.32. The van der Waals surface area contributed by atoms with Crippen LogP contribution in [0.15, 0.2) is 83.3 Å². The maximum atomic E-state index is 6.27. The molecule has 0 aliphatic carbocycles. The van der Waals surface area contributed by atoms with Crippen LogP contribution in [0.3, 0.4) is 0 Å². The Hall–Kier alpha value is -2.28. The molecule has 4 aromatic rings. The summed E-state index contributed by atoms with van der Waals surface area (Å²) in [6.45, 7) is 2.19. The van der Waals surface area contributed by atoms with Crippen LogP contribution in [0.1, 0.15) is 12.5 Å². The second kappa shape index (κ2) is 6.68. The van der Waals surface area contributed by atoms with Gasteiger partial charge < -0.3 is 0 Å². The van der Waals surface area contributed by atoms with E-state index in [1.54, 1.807) is 0 Å². The third-order valence-corrected chi connectivity index (χ3v) is 6.45. The molecule has 0 N–H and O–H groups in total. The van der Waals surface area contributed by atoms with Crippen LogP contribution in [-0.2, 0) is 6.42 Å². The molecule has 0 bridgehead atoms. The average Bonchev–Trinajstić information content (AvgIpc) is 3.01. The molecule has 1 heterocycles. The zero-order valence-electron chi connectivity index (χ0n) is 13.5. The number of para-hydroxylation sites is 1. The van der Waals surface area contributed by atoms with E-state index in [1.165, 1.54) is 25.4 Å². The van der Waals surface area contributed by atoms with E-state index in [4.69, 9.17) is 4.42 Å². The molecule has 0 saturated heterocycles. The zero-order valence-corrected chi connectivity index (χ0v) is 15.2. The molecule has 0 atom stereocenters. The molecule has 0 fully saturated rings. The topological polar surface area (TPSA) is 13.1 Å². The Labute approximate surface area is 148 Å². The van der Waals surface area contributed by atoms with Crippen molar-refractivity contribution >= 4 is 34.8 Å². The molecule has 1 aromatic heterocycles. The van der Waals surface area contributed by atoms with Crippen LogP contribution in [0.2, 0.25) is 0 Å². The quantitative estimate of drug-likeness (QED) is 0.483. The van der Waals surface area contributed by atoms with Crippen LogP contribution in [0, 0.1) is 0 Å². The molecule has 3 aromatic carbocycles. The van der Waals surface area contributed by atoms with Gasteiger partial charge in [-0.25, -0.2) is 0 Å². The predicted molar refractivity (Wildman–Crippen MR) is 102 cm³/mol. The van der Waals surface area contributed by atoms with E-state index in [0.29, 0.717) is 0 Å². The Bertz CT molecular complexity index is 970. The molecule has 0 aliphatic rings. The summed E-state index contributed by atoms with van der Waals surface area (Å²) < 4.78 is 8.97. The van der Waals surface area contributed by atoms with Crippen molar-refractivity contribution in [2.75, 3.05) is 0 Å². The van der Waals surface area contributed by atoms with E-state index in [-0.39, 0.29) is 15.0 Å². The summed E-state index contributed by atoms with van der Waals surface area (Å²) in [5.41, 5.74) is 3.49. The number of hydrogen-bond donors (Lipinski definition) is 0. The van der Waals surface area contributed by atoms with Crippen molar-refractivity contribution in [3.8, 4) is 11.3 Å². The Kier molecular flexibility index (Phi) is 4.25. The van der Waals surface area contributed by atoms with Gasteiger partial charge in [-0.1, -0.05) is 0 Å². The number of rotatable bonds is 4. The van der Waals surface area contributed by atoms with Gasteiger partial charge in [0, 0.05) is 0 Å². The maximum absolute atomic E-state index is 6.27. The molecule has 0 amide bonds. The number of fused-ring (bicyclic) bond motifs is 1. The van der Waals surface area contributed by atoms with Crippen LogP contribution >= 0.6 is 0 Å². The summed E-state index contributed by atoms with van der Waals surface area (Å²) in [6, 6.07) is 27.8. The van der Waals surface area contributed by atoms with Crippen LogP contribution < -0.4 is 8.92 Å². The fourth-order valence-electron chi connectivity index (χ4n) is 2.85. The fraction of sp³-hybridized carbons (Fsp3) is 0.0909. The molecular weight excluding hydrogens is 359 g/mol. The van der Waals surface area contributed by atoms with Crippen molar-refractivity contribution in [1.82, 2.24) is 0 Å². The van der Waals surface area contributed by atoms with Crippen LogP contribution in [0.4, 0.5) is 0 Å². The molecule has 0 spiro atoms. The van der Waals surface area contributed by atoms with Crippen LogP contribution in [0.25, 0.3) is 22.3 Å². The first-order valence-corrected chi connectivity index (χ1v) is 9.90. The molecular formula is C22H18OSe. The second-order valence-electron chi connectivity index (χ2n) is 5.73. The van der Waals surface area contributed by atoms with E-state index >= 15 is 0 Å². The van der Waals surface area contributed by atoms with Gasteiger partial charge in [-0.3, -0.25) is 0 Å². The number of hydrogen-bond acceptors (Lipinski definition) is 1. The van der Waals surface area contributed by atoms with Crippen LogP contribution in [-0.4, -0.2) is 15.0 Å². The van der Waals surface area contributed by atoms with Gasteiger partial charge in [0.15, 0.2) is 0 Å². The van der Waals surface area contributed by atoms with Gasteiger partial charge >= 0.3 is 148 Å². The third-order valence-electron chi connectivity index (χ3n) is 4.11. The Morgan fingerprint density at radius 2 is 1.62 bits per heavy atom. The minimum atomic E-state index is 0.214. The van der Waals surface area contributed by atoms with Gasteiger partial charge in [0.05, 0.1) is 0 Å². The normalized spacial score (nSPS) is 11.0. The van der Waals surface area contributed by atoms with Crippen molar-refractivity contribution in [2.24, 2.45) is 0 Å². The molecule has 1 nitrogen and oxygen atoms in total. The Morgan fingerprint density at radius 3 is 2.46 bits per heavy atom. The van der Waals surface area contributed by atoms with Crippen molar-refractivity contribution in [1.29, 1.82) is 0 Å². The molecule has 118 valence electrons. The van der Waals surface area contributed by atoms with Crippen molar-refractivity contribution < 1.29 is 4.42 Å². The number of aryl methyl sites for hydroxylation is 1. The molecule has 0 radical (unpaired) electrons. The molecule has 4 rings (SSSR count). The SMILES string of the molecule is CCc1cccc(-c2oc3ccccc3c2[Se]c2ccccc2)c1. The van der Waals surface area contributed by atoms with Crippen molar-refractivity contribution in [3.63, 3.8) is 0 Å². The molecule has 0 unspecified atom stereocenters. The molecule has 2 heteroatoms.